The molecule has 2 amide bonds. The van der Waals surface area contributed by atoms with E-state index in [0.29, 0.717) is 12.5 Å². The van der Waals surface area contributed by atoms with Crippen molar-refractivity contribution < 1.29 is 4.79 Å². The summed E-state index contributed by atoms with van der Waals surface area (Å²) in [6, 6.07) is -0.0673. The molecule has 0 aliphatic carbocycles. The van der Waals surface area contributed by atoms with Crippen molar-refractivity contribution in [2.75, 3.05) is 19.6 Å². The molecule has 4 heteroatoms. The Labute approximate surface area is 86.6 Å². The molecule has 1 unspecified atom stereocenters. The number of nitrogens with one attached hydrogen (secondary N) is 2. The molecule has 0 spiro atoms. The van der Waals surface area contributed by atoms with Crippen LogP contribution in [0.5, 0.6) is 0 Å². The van der Waals surface area contributed by atoms with E-state index in [0.717, 1.165) is 32.4 Å². The Kier molecular flexibility index (Phi) is 8.33. The molecule has 0 heterocycles. The predicted molar refractivity (Wildman–Crippen MR) is 59.1 cm³/mol. The molecule has 4 N–H and O–H groups in total. The Balaban J connectivity index is 3.52. The molecule has 84 valence electrons. The molecule has 0 saturated heterocycles. The second kappa shape index (κ2) is 8.81. The summed E-state index contributed by atoms with van der Waals surface area (Å²) in [5.41, 5.74) is 5.46. The van der Waals surface area contributed by atoms with E-state index in [-0.39, 0.29) is 6.03 Å². The molecule has 0 aliphatic rings. The highest BCUT2D eigenvalue weighted by Crippen LogP contribution is 2.04. The zero-order chi connectivity index (χ0) is 10.8. The van der Waals surface area contributed by atoms with Crippen molar-refractivity contribution in [3.63, 3.8) is 0 Å². The third-order valence-electron chi connectivity index (χ3n) is 2.24. The maximum Gasteiger partial charge on any atom is 0.314 e. The molecule has 0 bridgehead atoms. The fraction of sp³-hybridized carbons (Fsp3) is 0.900. The summed E-state index contributed by atoms with van der Waals surface area (Å²) in [4.78, 5) is 11.2. The number of carbonyl (C=O) groups is 1. The first-order valence-electron chi connectivity index (χ1n) is 5.46. The largest absolute Gasteiger partial charge is 0.338 e. The monoisotopic (exact) mass is 201 g/mol. The highest BCUT2D eigenvalue weighted by atomic mass is 16.2. The number of amides is 2. The van der Waals surface area contributed by atoms with E-state index in [2.05, 4.69) is 17.6 Å². The maximum atomic E-state index is 11.2. The van der Waals surface area contributed by atoms with Gasteiger partial charge in [-0.1, -0.05) is 20.3 Å². The Bertz CT molecular complexity index is 150. The van der Waals surface area contributed by atoms with Crippen LogP contribution in [0.1, 0.15) is 33.1 Å². The molecule has 4 nitrogen and oxygen atoms in total. The summed E-state index contributed by atoms with van der Waals surface area (Å²) in [6.07, 6.45) is 3.00. The molecule has 0 saturated carbocycles. The summed E-state index contributed by atoms with van der Waals surface area (Å²) in [5.74, 6) is 0.507. The van der Waals surface area contributed by atoms with Gasteiger partial charge in [-0.25, -0.2) is 4.79 Å². The molecule has 14 heavy (non-hydrogen) atoms. The van der Waals surface area contributed by atoms with E-state index in [1.54, 1.807) is 0 Å². The van der Waals surface area contributed by atoms with E-state index < -0.39 is 0 Å². The van der Waals surface area contributed by atoms with Gasteiger partial charge in [0.1, 0.15) is 0 Å². The SMILES string of the molecule is CCCNC(=O)NCC(CC)CCN. The zero-order valence-electron chi connectivity index (χ0n) is 9.31. The van der Waals surface area contributed by atoms with Crippen LogP contribution in [-0.4, -0.2) is 25.7 Å². The van der Waals surface area contributed by atoms with Crippen molar-refractivity contribution in [1.29, 1.82) is 0 Å². The van der Waals surface area contributed by atoms with Crippen LogP contribution in [0.25, 0.3) is 0 Å². The van der Waals surface area contributed by atoms with E-state index >= 15 is 0 Å². The second-order valence-electron chi connectivity index (χ2n) is 3.49. The quantitative estimate of drug-likeness (QED) is 0.577. The first kappa shape index (κ1) is 13.2. The molecule has 0 fully saturated rings. The van der Waals surface area contributed by atoms with Crippen molar-refractivity contribution in [3.8, 4) is 0 Å². The third kappa shape index (κ3) is 6.71. The third-order valence-corrected chi connectivity index (χ3v) is 2.24. The molecule has 0 aliphatic heterocycles. The summed E-state index contributed by atoms with van der Waals surface area (Å²) >= 11 is 0. The maximum absolute atomic E-state index is 11.2. The van der Waals surface area contributed by atoms with Gasteiger partial charge in [-0.15, -0.1) is 0 Å². The Morgan fingerprint density at radius 3 is 2.57 bits per heavy atom. The molecule has 1 atom stereocenters. The van der Waals surface area contributed by atoms with Gasteiger partial charge >= 0.3 is 6.03 Å². The van der Waals surface area contributed by atoms with Gasteiger partial charge in [-0.2, -0.15) is 0 Å². The molecular formula is C10H23N3O. The lowest BCUT2D eigenvalue weighted by Gasteiger charge is -2.14. The topological polar surface area (TPSA) is 67.2 Å². The van der Waals surface area contributed by atoms with Crippen LogP contribution >= 0.6 is 0 Å². The molecule has 0 radical (unpaired) electrons. The minimum absolute atomic E-state index is 0.0673. The highest BCUT2D eigenvalue weighted by Gasteiger charge is 2.06. The van der Waals surface area contributed by atoms with Gasteiger partial charge in [0.05, 0.1) is 0 Å². The van der Waals surface area contributed by atoms with E-state index in [9.17, 15) is 4.79 Å². The summed E-state index contributed by atoms with van der Waals surface area (Å²) in [7, 11) is 0. The van der Waals surface area contributed by atoms with Gasteiger partial charge in [0.25, 0.3) is 0 Å². The lowest BCUT2D eigenvalue weighted by atomic mass is 10.0. The Morgan fingerprint density at radius 1 is 1.36 bits per heavy atom. The number of urea groups is 1. The average Bonchev–Trinajstić information content (AvgIpc) is 2.21. The van der Waals surface area contributed by atoms with Crippen LogP contribution in [0, 0.1) is 5.92 Å². The summed E-state index contributed by atoms with van der Waals surface area (Å²) in [6.45, 7) is 6.30. The van der Waals surface area contributed by atoms with Crippen LogP contribution in [0.3, 0.4) is 0 Å². The lowest BCUT2D eigenvalue weighted by Crippen LogP contribution is -2.38. The lowest BCUT2D eigenvalue weighted by molar-refractivity contribution is 0.238. The van der Waals surface area contributed by atoms with E-state index in [4.69, 9.17) is 5.73 Å². The van der Waals surface area contributed by atoms with E-state index in [1.807, 2.05) is 6.92 Å². The first-order valence-corrected chi connectivity index (χ1v) is 5.46. The standard InChI is InChI=1S/C10H23N3O/c1-3-7-12-10(14)13-8-9(4-2)5-6-11/h9H,3-8,11H2,1-2H3,(H2,12,13,14). The van der Waals surface area contributed by atoms with E-state index in [1.165, 1.54) is 0 Å². The fourth-order valence-corrected chi connectivity index (χ4v) is 1.22. The minimum atomic E-state index is -0.0673. The molecule has 0 aromatic carbocycles. The summed E-state index contributed by atoms with van der Waals surface area (Å²) < 4.78 is 0. The van der Waals surface area contributed by atoms with Crippen LogP contribution in [-0.2, 0) is 0 Å². The van der Waals surface area contributed by atoms with Gasteiger partial charge in [0, 0.05) is 13.1 Å². The van der Waals surface area contributed by atoms with Crippen molar-refractivity contribution in [1.82, 2.24) is 10.6 Å². The van der Waals surface area contributed by atoms with Crippen LogP contribution < -0.4 is 16.4 Å². The number of rotatable bonds is 7. The van der Waals surface area contributed by atoms with Gasteiger partial charge in [-0.05, 0) is 25.3 Å². The zero-order valence-corrected chi connectivity index (χ0v) is 9.31. The number of hydrogen-bond donors (Lipinski definition) is 3. The second-order valence-corrected chi connectivity index (χ2v) is 3.49. The van der Waals surface area contributed by atoms with Crippen LogP contribution in [0.15, 0.2) is 0 Å². The number of nitrogens with two attached hydrogens (primary N) is 1. The van der Waals surface area contributed by atoms with Crippen LogP contribution in [0.4, 0.5) is 4.79 Å². The van der Waals surface area contributed by atoms with Crippen molar-refractivity contribution >= 4 is 6.03 Å². The van der Waals surface area contributed by atoms with Gasteiger partial charge in [0.2, 0.25) is 0 Å². The molecule has 0 rings (SSSR count). The normalized spacial score (nSPS) is 12.2. The molecule has 0 aromatic rings. The Morgan fingerprint density at radius 2 is 2.07 bits per heavy atom. The first-order chi connectivity index (χ1) is 6.74. The van der Waals surface area contributed by atoms with Crippen molar-refractivity contribution in [2.45, 2.75) is 33.1 Å². The smallest absolute Gasteiger partial charge is 0.314 e. The molecular weight excluding hydrogens is 178 g/mol. The van der Waals surface area contributed by atoms with Gasteiger partial charge in [-0.3, -0.25) is 0 Å². The van der Waals surface area contributed by atoms with Crippen molar-refractivity contribution in [3.05, 3.63) is 0 Å². The number of carbonyl (C=O) groups excluding carboxylic acids is 1. The Hall–Kier alpha value is -0.770. The number of hydrogen-bond acceptors (Lipinski definition) is 2. The van der Waals surface area contributed by atoms with Crippen LogP contribution in [0.2, 0.25) is 0 Å². The highest BCUT2D eigenvalue weighted by molar-refractivity contribution is 5.73. The van der Waals surface area contributed by atoms with Gasteiger partial charge in [0.15, 0.2) is 0 Å². The summed E-state index contributed by atoms with van der Waals surface area (Å²) in [5, 5.41) is 5.62. The molecule has 0 aromatic heterocycles. The predicted octanol–water partition coefficient (Wildman–Crippen LogP) is 1.07. The average molecular weight is 201 g/mol. The van der Waals surface area contributed by atoms with Crippen molar-refractivity contribution in [2.24, 2.45) is 11.7 Å². The fourth-order valence-electron chi connectivity index (χ4n) is 1.22. The van der Waals surface area contributed by atoms with Gasteiger partial charge < -0.3 is 16.4 Å². The minimum Gasteiger partial charge on any atom is -0.338 e.